The third-order valence-electron chi connectivity index (χ3n) is 5.90. The Morgan fingerprint density at radius 2 is 1.66 bits per heavy atom. The fraction of sp³-hybridized carbons (Fsp3) is 0.360. The number of hydrogen-bond donors (Lipinski definition) is 0. The molecule has 0 spiro atoms. The van der Waals surface area contributed by atoms with Gasteiger partial charge in [-0.15, -0.1) is 0 Å². The number of carbonyl (C=O) groups is 1. The monoisotopic (exact) mass is 435 g/mol. The Kier molecular flexibility index (Phi) is 6.46. The number of rotatable bonds is 6. The van der Waals surface area contributed by atoms with Gasteiger partial charge in [0.25, 0.3) is 5.91 Å². The van der Waals surface area contributed by atoms with Gasteiger partial charge in [0.05, 0.1) is 19.9 Å². The summed E-state index contributed by atoms with van der Waals surface area (Å²) in [5.74, 6) is 2.71. The van der Waals surface area contributed by atoms with Crippen LogP contribution in [0.15, 0.2) is 46.9 Å². The van der Waals surface area contributed by atoms with Gasteiger partial charge in [-0.3, -0.25) is 9.69 Å². The Balaban J connectivity index is 1.40. The van der Waals surface area contributed by atoms with Gasteiger partial charge >= 0.3 is 0 Å². The Labute approximate surface area is 188 Å². The van der Waals surface area contributed by atoms with Crippen molar-refractivity contribution in [3.63, 3.8) is 0 Å². The van der Waals surface area contributed by atoms with Gasteiger partial charge in [-0.2, -0.15) is 0 Å². The number of piperazine rings is 1. The topological polar surface area (TPSA) is 68.0 Å². The molecule has 2 heterocycles. The zero-order chi connectivity index (χ0) is 22.7. The summed E-state index contributed by atoms with van der Waals surface area (Å²) < 4.78 is 16.5. The average Bonchev–Trinajstić information content (AvgIpc) is 3.18. The van der Waals surface area contributed by atoms with Crippen molar-refractivity contribution >= 4 is 5.91 Å². The predicted octanol–water partition coefficient (Wildman–Crippen LogP) is 3.93. The van der Waals surface area contributed by atoms with Gasteiger partial charge in [-0.05, 0) is 37.6 Å². The lowest BCUT2D eigenvalue weighted by Crippen LogP contribution is -2.48. The number of aryl methyl sites for hydroxylation is 2. The first-order valence-electron chi connectivity index (χ1n) is 10.8. The van der Waals surface area contributed by atoms with Gasteiger partial charge in [0.2, 0.25) is 5.89 Å². The van der Waals surface area contributed by atoms with Crippen molar-refractivity contribution in [1.29, 1.82) is 0 Å². The molecule has 0 aliphatic carbocycles. The van der Waals surface area contributed by atoms with Crippen molar-refractivity contribution in [2.24, 2.45) is 0 Å². The van der Waals surface area contributed by atoms with E-state index in [9.17, 15) is 4.79 Å². The molecule has 1 aliphatic rings. The van der Waals surface area contributed by atoms with E-state index in [2.05, 4.69) is 17.9 Å². The highest BCUT2D eigenvalue weighted by Gasteiger charge is 2.24. The molecule has 1 saturated heterocycles. The van der Waals surface area contributed by atoms with Crippen LogP contribution in [0.1, 0.15) is 27.4 Å². The van der Waals surface area contributed by atoms with E-state index in [-0.39, 0.29) is 5.91 Å². The molecular weight excluding hydrogens is 406 g/mol. The largest absolute Gasteiger partial charge is 0.497 e. The van der Waals surface area contributed by atoms with Crippen LogP contribution in [0, 0.1) is 13.8 Å². The summed E-state index contributed by atoms with van der Waals surface area (Å²) in [6.45, 7) is 7.58. The molecule has 1 aromatic heterocycles. The molecule has 0 N–H and O–H groups in total. The van der Waals surface area contributed by atoms with E-state index in [0.29, 0.717) is 42.6 Å². The molecule has 32 heavy (non-hydrogen) atoms. The van der Waals surface area contributed by atoms with Crippen LogP contribution in [-0.4, -0.2) is 61.1 Å². The highest BCUT2D eigenvalue weighted by molar-refractivity contribution is 5.95. The van der Waals surface area contributed by atoms with Gasteiger partial charge in [0, 0.05) is 49.9 Å². The number of aromatic nitrogens is 1. The maximum Gasteiger partial charge on any atom is 0.254 e. The number of nitrogens with zero attached hydrogens (tertiary/aromatic N) is 3. The quantitative estimate of drug-likeness (QED) is 0.584. The number of oxazole rings is 1. The fourth-order valence-electron chi connectivity index (χ4n) is 3.94. The second kappa shape index (κ2) is 9.44. The van der Waals surface area contributed by atoms with Crippen LogP contribution in [-0.2, 0) is 6.54 Å². The fourth-order valence-corrected chi connectivity index (χ4v) is 3.94. The first-order valence-corrected chi connectivity index (χ1v) is 10.8. The van der Waals surface area contributed by atoms with Crippen molar-refractivity contribution < 1.29 is 18.7 Å². The lowest BCUT2D eigenvalue weighted by Gasteiger charge is -2.34. The van der Waals surface area contributed by atoms with Gasteiger partial charge in [-0.1, -0.05) is 18.2 Å². The number of hydrogen-bond acceptors (Lipinski definition) is 6. The molecule has 2 aromatic carbocycles. The van der Waals surface area contributed by atoms with Crippen LogP contribution in [0.3, 0.4) is 0 Å². The molecular formula is C25H29N3O4. The summed E-state index contributed by atoms with van der Waals surface area (Å²) in [4.78, 5) is 22.0. The van der Waals surface area contributed by atoms with Crippen LogP contribution in [0.2, 0.25) is 0 Å². The molecule has 0 atom stereocenters. The normalized spacial score (nSPS) is 14.4. The van der Waals surface area contributed by atoms with Crippen molar-refractivity contribution in [1.82, 2.24) is 14.8 Å². The van der Waals surface area contributed by atoms with Crippen LogP contribution in [0.25, 0.3) is 11.5 Å². The standard InChI is InChI=1S/C25H29N3O4/c1-17-7-5-6-8-22(17)24-26-23(18(2)32-24)16-27-9-11-28(12-10-27)25(29)19-13-20(30-3)15-21(14-19)31-4/h5-8,13-15H,9-12,16H2,1-4H3. The molecule has 0 bridgehead atoms. The van der Waals surface area contributed by atoms with Crippen LogP contribution >= 0.6 is 0 Å². The second-order valence-corrected chi connectivity index (χ2v) is 8.01. The summed E-state index contributed by atoms with van der Waals surface area (Å²) >= 11 is 0. The Morgan fingerprint density at radius 3 is 2.28 bits per heavy atom. The van der Waals surface area contributed by atoms with Gasteiger partial charge < -0.3 is 18.8 Å². The lowest BCUT2D eigenvalue weighted by atomic mass is 10.1. The van der Waals surface area contributed by atoms with E-state index in [1.54, 1.807) is 32.4 Å². The smallest absolute Gasteiger partial charge is 0.254 e. The molecule has 3 aromatic rings. The zero-order valence-electron chi connectivity index (χ0n) is 19.1. The predicted molar refractivity (Wildman–Crippen MR) is 122 cm³/mol. The Morgan fingerprint density at radius 1 is 1.00 bits per heavy atom. The van der Waals surface area contributed by atoms with Crippen molar-refractivity contribution in [2.75, 3.05) is 40.4 Å². The summed E-state index contributed by atoms with van der Waals surface area (Å²) in [6.07, 6.45) is 0. The Hall–Kier alpha value is -3.32. The molecule has 1 aliphatic heterocycles. The molecule has 0 radical (unpaired) electrons. The van der Waals surface area contributed by atoms with Crippen LogP contribution in [0.4, 0.5) is 0 Å². The number of amides is 1. The van der Waals surface area contributed by atoms with Crippen molar-refractivity contribution in [2.45, 2.75) is 20.4 Å². The minimum atomic E-state index is -0.0127. The van der Waals surface area contributed by atoms with Gasteiger partial charge in [0.1, 0.15) is 17.3 Å². The second-order valence-electron chi connectivity index (χ2n) is 8.01. The SMILES string of the molecule is COc1cc(OC)cc(C(=O)N2CCN(Cc3nc(-c4ccccc4C)oc3C)CC2)c1. The van der Waals surface area contributed by atoms with Gasteiger partial charge in [-0.25, -0.2) is 4.98 Å². The molecule has 7 heteroatoms. The summed E-state index contributed by atoms with van der Waals surface area (Å²) in [6, 6.07) is 13.4. The summed E-state index contributed by atoms with van der Waals surface area (Å²) in [5.41, 5.74) is 3.68. The minimum absolute atomic E-state index is 0.0127. The number of benzene rings is 2. The summed E-state index contributed by atoms with van der Waals surface area (Å²) in [7, 11) is 3.16. The van der Waals surface area contributed by atoms with E-state index < -0.39 is 0 Å². The maximum atomic E-state index is 13.0. The molecule has 1 fully saturated rings. The van der Waals surface area contributed by atoms with E-state index in [0.717, 1.165) is 35.7 Å². The molecule has 4 rings (SSSR count). The Bertz CT molecular complexity index is 1080. The minimum Gasteiger partial charge on any atom is -0.497 e. The number of carbonyl (C=O) groups excluding carboxylic acids is 1. The molecule has 0 saturated carbocycles. The average molecular weight is 436 g/mol. The number of ether oxygens (including phenoxy) is 2. The highest BCUT2D eigenvalue weighted by Crippen LogP contribution is 2.26. The molecule has 1 amide bonds. The lowest BCUT2D eigenvalue weighted by molar-refractivity contribution is 0.0626. The molecule has 0 unspecified atom stereocenters. The third-order valence-corrected chi connectivity index (χ3v) is 5.90. The van der Waals surface area contributed by atoms with Crippen molar-refractivity contribution in [3.05, 3.63) is 65.0 Å². The van der Waals surface area contributed by atoms with Crippen molar-refractivity contribution in [3.8, 4) is 23.0 Å². The van der Waals surface area contributed by atoms with E-state index in [4.69, 9.17) is 18.9 Å². The maximum absolute atomic E-state index is 13.0. The summed E-state index contributed by atoms with van der Waals surface area (Å²) in [5, 5.41) is 0. The molecule has 168 valence electrons. The molecule has 7 nitrogen and oxygen atoms in total. The zero-order valence-corrected chi connectivity index (χ0v) is 19.1. The van der Waals surface area contributed by atoms with E-state index in [1.807, 2.05) is 30.0 Å². The van der Waals surface area contributed by atoms with Gasteiger partial charge in [0.15, 0.2) is 0 Å². The first-order chi connectivity index (χ1) is 15.5. The third kappa shape index (κ3) is 4.62. The van der Waals surface area contributed by atoms with E-state index in [1.165, 1.54) is 0 Å². The first kappa shape index (κ1) is 21.9. The van der Waals surface area contributed by atoms with E-state index >= 15 is 0 Å². The van der Waals surface area contributed by atoms with Crippen LogP contribution in [0.5, 0.6) is 11.5 Å². The number of methoxy groups -OCH3 is 2. The van der Waals surface area contributed by atoms with Crippen LogP contribution < -0.4 is 9.47 Å². The highest BCUT2D eigenvalue weighted by atomic mass is 16.5.